The molecular formula is C12H12ClFN2O5S. The number of anilines is 1. The van der Waals surface area contributed by atoms with Crippen LogP contribution in [0.1, 0.15) is 10.4 Å². The number of carbonyl (C=O) groups excluding carboxylic acids is 1. The molecule has 1 fully saturated rings. The number of aliphatic carboxylic acids is 1. The van der Waals surface area contributed by atoms with Crippen LogP contribution in [0.2, 0.25) is 5.02 Å². The zero-order chi connectivity index (χ0) is 16.7. The number of nitrogens with zero attached hydrogens (tertiary/aromatic N) is 1. The molecule has 0 aromatic heterocycles. The number of carboxylic acids is 1. The average molecular weight is 351 g/mol. The van der Waals surface area contributed by atoms with Crippen molar-refractivity contribution in [3.63, 3.8) is 0 Å². The van der Waals surface area contributed by atoms with Crippen molar-refractivity contribution in [1.82, 2.24) is 4.90 Å². The average Bonchev–Trinajstić information content (AvgIpc) is 2.41. The summed E-state index contributed by atoms with van der Waals surface area (Å²) in [4.78, 5) is 24.4. The van der Waals surface area contributed by atoms with Gasteiger partial charge in [-0.2, -0.15) is 0 Å². The Morgan fingerprint density at radius 2 is 2.05 bits per heavy atom. The zero-order valence-corrected chi connectivity index (χ0v) is 12.7. The highest BCUT2D eigenvalue weighted by molar-refractivity contribution is 7.92. The van der Waals surface area contributed by atoms with Gasteiger partial charge in [-0.1, -0.05) is 11.6 Å². The molecule has 1 aliphatic heterocycles. The Balaban J connectivity index is 2.34. The molecule has 2 rings (SSSR count). The van der Waals surface area contributed by atoms with E-state index in [2.05, 4.69) is 0 Å². The third-order valence-corrected chi connectivity index (χ3v) is 5.54. The molecule has 0 spiro atoms. The number of nitrogens with two attached hydrogens (primary N) is 1. The first-order valence-electron chi connectivity index (χ1n) is 6.11. The van der Waals surface area contributed by atoms with Crippen LogP contribution in [0.15, 0.2) is 12.1 Å². The number of carbonyl (C=O) groups is 2. The maximum Gasteiger partial charge on any atom is 0.323 e. The lowest BCUT2D eigenvalue weighted by Crippen LogP contribution is -2.52. The minimum atomic E-state index is -3.82. The fourth-order valence-corrected chi connectivity index (χ4v) is 3.81. The molecule has 0 saturated carbocycles. The molecule has 7 nitrogen and oxygen atoms in total. The molecular weight excluding hydrogens is 339 g/mol. The highest BCUT2D eigenvalue weighted by Gasteiger charge is 2.40. The van der Waals surface area contributed by atoms with Crippen LogP contribution in [0, 0.1) is 5.82 Å². The first kappa shape index (κ1) is 16.5. The first-order valence-corrected chi connectivity index (χ1v) is 8.21. The summed E-state index contributed by atoms with van der Waals surface area (Å²) in [6.07, 6.45) is 0. The van der Waals surface area contributed by atoms with Crippen LogP contribution in [0.4, 0.5) is 10.1 Å². The molecule has 0 bridgehead atoms. The van der Waals surface area contributed by atoms with Crippen molar-refractivity contribution < 1.29 is 27.5 Å². The van der Waals surface area contributed by atoms with Gasteiger partial charge in [-0.25, -0.2) is 12.8 Å². The number of sulfone groups is 1. The van der Waals surface area contributed by atoms with E-state index in [1.54, 1.807) is 0 Å². The molecule has 0 aliphatic carbocycles. The SMILES string of the molecule is Nc1c(F)cc(Cl)cc1C(=O)N1CCS(=O)(=O)C(C(=O)O)C1. The summed E-state index contributed by atoms with van der Waals surface area (Å²) in [5.74, 6) is -3.67. The van der Waals surface area contributed by atoms with E-state index in [1.165, 1.54) is 0 Å². The second kappa shape index (κ2) is 5.73. The summed E-state index contributed by atoms with van der Waals surface area (Å²) in [5.41, 5.74) is 4.84. The van der Waals surface area contributed by atoms with Crippen molar-refractivity contribution in [3.05, 3.63) is 28.5 Å². The summed E-state index contributed by atoms with van der Waals surface area (Å²) >= 11 is 5.67. The van der Waals surface area contributed by atoms with Gasteiger partial charge in [-0.05, 0) is 12.1 Å². The van der Waals surface area contributed by atoms with E-state index in [4.69, 9.17) is 22.4 Å². The lowest BCUT2D eigenvalue weighted by atomic mass is 10.1. The van der Waals surface area contributed by atoms with E-state index in [9.17, 15) is 22.4 Å². The maximum atomic E-state index is 13.5. The van der Waals surface area contributed by atoms with Crippen LogP contribution in [-0.4, -0.2) is 54.4 Å². The molecule has 1 aromatic rings. The number of amides is 1. The predicted molar refractivity (Wildman–Crippen MR) is 76.9 cm³/mol. The van der Waals surface area contributed by atoms with Crippen molar-refractivity contribution in [3.8, 4) is 0 Å². The van der Waals surface area contributed by atoms with E-state index in [-0.39, 0.29) is 17.1 Å². The van der Waals surface area contributed by atoms with E-state index < -0.39 is 50.8 Å². The minimum absolute atomic E-state index is 0.0468. The highest BCUT2D eigenvalue weighted by atomic mass is 35.5. The number of nitrogen functional groups attached to an aromatic ring is 1. The molecule has 0 radical (unpaired) electrons. The molecule has 1 aliphatic rings. The molecule has 1 heterocycles. The van der Waals surface area contributed by atoms with Gasteiger partial charge < -0.3 is 15.7 Å². The van der Waals surface area contributed by atoms with E-state index >= 15 is 0 Å². The second-order valence-electron chi connectivity index (χ2n) is 4.79. The van der Waals surface area contributed by atoms with Crippen LogP contribution in [0.3, 0.4) is 0 Å². The lowest BCUT2D eigenvalue weighted by Gasteiger charge is -2.31. The fraction of sp³-hybridized carbons (Fsp3) is 0.333. The lowest BCUT2D eigenvalue weighted by molar-refractivity contribution is -0.136. The van der Waals surface area contributed by atoms with Crippen LogP contribution in [-0.2, 0) is 14.6 Å². The second-order valence-corrected chi connectivity index (χ2v) is 7.53. The quantitative estimate of drug-likeness (QED) is 0.745. The number of halogens is 2. The number of rotatable bonds is 2. The minimum Gasteiger partial charge on any atom is -0.480 e. The van der Waals surface area contributed by atoms with Gasteiger partial charge in [0.2, 0.25) is 0 Å². The van der Waals surface area contributed by atoms with Gasteiger partial charge in [0.1, 0.15) is 5.82 Å². The Bertz CT molecular complexity index is 752. The number of hydrogen-bond acceptors (Lipinski definition) is 5. The number of benzene rings is 1. The van der Waals surface area contributed by atoms with Crippen LogP contribution in [0.25, 0.3) is 0 Å². The molecule has 1 atom stereocenters. The smallest absolute Gasteiger partial charge is 0.323 e. The van der Waals surface area contributed by atoms with E-state index in [0.717, 1.165) is 17.0 Å². The Hall–Kier alpha value is -1.87. The topological polar surface area (TPSA) is 118 Å². The Labute approximate surface area is 130 Å². The molecule has 22 heavy (non-hydrogen) atoms. The third-order valence-electron chi connectivity index (χ3n) is 3.35. The molecule has 1 amide bonds. The fourth-order valence-electron chi connectivity index (χ4n) is 2.13. The van der Waals surface area contributed by atoms with Crippen LogP contribution < -0.4 is 5.73 Å². The first-order chi connectivity index (χ1) is 10.1. The standard InChI is InChI=1S/C12H12ClFN2O5S/c13-6-3-7(10(15)8(14)4-6)11(17)16-1-2-22(20,21)9(5-16)12(18)19/h3-4,9H,1-2,5,15H2,(H,18,19). The van der Waals surface area contributed by atoms with Gasteiger partial charge >= 0.3 is 5.97 Å². The van der Waals surface area contributed by atoms with Crippen LogP contribution in [0.5, 0.6) is 0 Å². The Morgan fingerprint density at radius 3 is 2.64 bits per heavy atom. The number of hydrogen-bond donors (Lipinski definition) is 2. The normalized spacial score (nSPS) is 20.6. The van der Waals surface area contributed by atoms with Gasteiger partial charge in [0.05, 0.1) is 17.0 Å². The molecule has 1 aromatic carbocycles. The molecule has 3 N–H and O–H groups in total. The van der Waals surface area contributed by atoms with Crippen molar-refractivity contribution in [1.29, 1.82) is 0 Å². The Morgan fingerprint density at radius 1 is 1.41 bits per heavy atom. The third kappa shape index (κ3) is 3.00. The molecule has 10 heteroatoms. The van der Waals surface area contributed by atoms with Crippen molar-refractivity contribution in [2.45, 2.75) is 5.25 Å². The van der Waals surface area contributed by atoms with Gasteiger partial charge in [-0.15, -0.1) is 0 Å². The maximum absolute atomic E-state index is 13.5. The summed E-state index contributed by atoms with van der Waals surface area (Å²) < 4.78 is 36.9. The van der Waals surface area contributed by atoms with Crippen LogP contribution >= 0.6 is 11.6 Å². The summed E-state index contributed by atoms with van der Waals surface area (Å²) in [5, 5.41) is 7.20. The molecule has 1 unspecified atom stereocenters. The zero-order valence-electron chi connectivity index (χ0n) is 11.1. The van der Waals surface area contributed by atoms with Crippen molar-refractivity contribution >= 4 is 39.0 Å². The predicted octanol–water partition coefficient (Wildman–Crippen LogP) is 0.385. The van der Waals surface area contributed by atoms with Crippen molar-refractivity contribution in [2.24, 2.45) is 0 Å². The summed E-state index contributed by atoms with van der Waals surface area (Å²) in [7, 11) is -3.82. The Kier molecular flexibility index (Phi) is 4.30. The summed E-state index contributed by atoms with van der Waals surface area (Å²) in [6, 6.07) is 2.09. The van der Waals surface area contributed by atoms with Gasteiger partial charge in [0.15, 0.2) is 15.1 Å². The monoisotopic (exact) mass is 350 g/mol. The van der Waals surface area contributed by atoms with Gasteiger partial charge in [0, 0.05) is 18.1 Å². The molecule has 120 valence electrons. The van der Waals surface area contributed by atoms with Gasteiger partial charge in [0.25, 0.3) is 5.91 Å². The van der Waals surface area contributed by atoms with Crippen molar-refractivity contribution in [2.75, 3.05) is 24.6 Å². The van der Waals surface area contributed by atoms with Gasteiger partial charge in [-0.3, -0.25) is 9.59 Å². The largest absolute Gasteiger partial charge is 0.480 e. The van der Waals surface area contributed by atoms with E-state index in [1.807, 2.05) is 0 Å². The number of carboxylic acid groups (broad SMARTS) is 1. The highest BCUT2D eigenvalue weighted by Crippen LogP contribution is 2.25. The molecule has 1 saturated heterocycles. The van der Waals surface area contributed by atoms with E-state index in [0.29, 0.717) is 0 Å². The summed E-state index contributed by atoms with van der Waals surface area (Å²) in [6.45, 7) is -0.720.